The third kappa shape index (κ3) is 2.03. The van der Waals surface area contributed by atoms with E-state index in [4.69, 9.17) is 0 Å². The fourth-order valence-corrected chi connectivity index (χ4v) is 3.70. The summed E-state index contributed by atoms with van der Waals surface area (Å²) in [5, 5.41) is 8.47. The van der Waals surface area contributed by atoms with Crippen molar-refractivity contribution in [1.29, 1.82) is 0 Å². The second-order valence-electron chi connectivity index (χ2n) is 6.09. The van der Waals surface area contributed by atoms with Crippen LogP contribution in [0.25, 0.3) is 0 Å². The molecule has 0 spiro atoms. The van der Waals surface area contributed by atoms with Crippen molar-refractivity contribution in [2.75, 3.05) is 6.54 Å². The minimum absolute atomic E-state index is 0.0244. The predicted octanol–water partition coefficient (Wildman–Crippen LogP) is 1.91. The van der Waals surface area contributed by atoms with Crippen LogP contribution in [0.15, 0.2) is 24.3 Å². The van der Waals surface area contributed by atoms with Crippen molar-refractivity contribution in [2.24, 2.45) is 0 Å². The topological polar surface area (TPSA) is 51.0 Å². The summed E-state index contributed by atoms with van der Waals surface area (Å²) in [4.78, 5) is 14.9. The Hall–Kier alpha value is -2.17. The molecule has 1 atom stereocenters. The number of rotatable bonds is 2. The van der Waals surface area contributed by atoms with Gasteiger partial charge in [0.15, 0.2) is 5.82 Å². The molecule has 2 heterocycles. The van der Waals surface area contributed by atoms with E-state index in [2.05, 4.69) is 39.9 Å². The van der Waals surface area contributed by atoms with E-state index in [0.717, 1.165) is 44.0 Å². The van der Waals surface area contributed by atoms with Gasteiger partial charge in [0.2, 0.25) is 5.91 Å². The van der Waals surface area contributed by atoms with Crippen LogP contribution < -0.4 is 0 Å². The zero-order valence-electron chi connectivity index (χ0n) is 12.8. The molecule has 4 rings (SSSR count). The molecule has 2 aromatic rings. The van der Waals surface area contributed by atoms with Crippen LogP contribution in [0.2, 0.25) is 0 Å². The number of nitrogens with zero attached hydrogens (tertiary/aromatic N) is 4. The smallest absolute Gasteiger partial charge is 0.230 e. The van der Waals surface area contributed by atoms with Crippen LogP contribution in [-0.4, -0.2) is 32.1 Å². The quantitative estimate of drug-likeness (QED) is 0.850. The van der Waals surface area contributed by atoms with Crippen LogP contribution >= 0.6 is 0 Å². The van der Waals surface area contributed by atoms with Crippen molar-refractivity contribution in [1.82, 2.24) is 19.7 Å². The lowest BCUT2D eigenvalue weighted by Gasteiger charge is -2.30. The SMILES string of the molecule is CCc1nnc2n1CCN(C(=O)[C@H]1CCc3ccccc31)C2. The molecule has 1 aromatic carbocycles. The monoisotopic (exact) mass is 296 g/mol. The average Bonchev–Trinajstić information content (AvgIpc) is 3.17. The molecule has 0 unspecified atom stereocenters. The first kappa shape index (κ1) is 13.5. The maximum atomic E-state index is 12.9. The molecule has 114 valence electrons. The summed E-state index contributed by atoms with van der Waals surface area (Å²) in [6, 6.07) is 8.33. The van der Waals surface area contributed by atoms with Gasteiger partial charge >= 0.3 is 0 Å². The van der Waals surface area contributed by atoms with E-state index in [9.17, 15) is 4.79 Å². The number of fused-ring (bicyclic) bond motifs is 2. The van der Waals surface area contributed by atoms with E-state index in [-0.39, 0.29) is 11.8 Å². The Morgan fingerprint density at radius 2 is 2.14 bits per heavy atom. The zero-order valence-corrected chi connectivity index (χ0v) is 12.8. The molecule has 1 amide bonds. The molecule has 5 nitrogen and oxygen atoms in total. The highest BCUT2D eigenvalue weighted by atomic mass is 16.2. The normalized spacial score (nSPS) is 19.9. The Balaban J connectivity index is 1.55. The van der Waals surface area contributed by atoms with Crippen molar-refractivity contribution < 1.29 is 4.79 Å². The summed E-state index contributed by atoms with van der Waals surface area (Å²) in [6.45, 7) is 4.25. The first-order chi connectivity index (χ1) is 10.8. The lowest BCUT2D eigenvalue weighted by molar-refractivity contribution is -0.134. The van der Waals surface area contributed by atoms with Crippen LogP contribution in [0.5, 0.6) is 0 Å². The van der Waals surface area contributed by atoms with Crippen molar-refractivity contribution in [2.45, 2.75) is 45.2 Å². The van der Waals surface area contributed by atoms with E-state index in [1.165, 1.54) is 11.1 Å². The third-order valence-corrected chi connectivity index (χ3v) is 4.89. The second kappa shape index (κ2) is 5.23. The number of aromatic nitrogens is 3. The van der Waals surface area contributed by atoms with Gasteiger partial charge in [0.1, 0.15) is 5.82 Å². The number of carbonyl (C=O) groups excluding carboxylic acids is 1. The molecule has 1 aliphatic carbocycles. The van der Waals surface area contributed by atoms with Crippen LogP contribution in [-0.2, 0) is 30.7 Å². The van der Waals surface area contributed by atoms with Gasteiger partial charge in [-0.2, -0.15) is 0 Å². The highest BCUT2D eigenvalue weighted by molar-refractivity contribution is 5.85. The number of benzene rings is 1. The number of hydrogen-bond donors (Lipinski definition) is 0. The summed E-state index contributed by atoms with van der Waals surface area (Å²) in [5.74, 6) is 2.21. The molecular weight excluding hydrogens is 276 g/mol. The van der Waals surface area contributed by atoms with Crippen molar-refractivity contribution in [3.05, 3.63) is 47.0 Å². The minimum Gasteiger partial charge on any atom is -0.333 e. The van der Waals surface area contributed by atoms with Gasteiger partial charge in [-0.3, -0.25) is 4.79 Å². The molecule has 22 heavy (non-hydrogen) atoms. The number of carbonyl (C=O) groups is 1. The lowest BCUT2D eigenvalue weighted by Crippen LogP contribution is -2.41. The van der Waals surface area contributed by atoms with E-state index < -0.39 is 0 Å². The number of hydrogen-bond acceptors (Lipinski definition) is 3. The first-order valence-corrected chi connectivity index (χ1v) is 8.05. The first-order valence-electron chi connectivity index (χ1n) is 8.05. The molecular formula is C17H20N4O. The van der Waals surface area contributed by atoms with Crippen LogP contribution in [0, 0.1) is 0 Å². The molecule has 2 aliphatic rings. The van der Waals surface area contributed by atoms with Gasteiger partial charge in [0, 0.05) is 19.5 Å². The van der Waals surface area contributed by atoms with Gasteiger partial charge in [0.25, 0.3) is 0 Å². The van der Waals surface area contributed by atoms with Gasteiger partial charge in [-0.15, -0.1) is 10.2 Å². The van der Waals surface area contributed by atoms with Gasteiger partial charge in [-0.05, 0) is 24.0 Å². The standard InChI is InChI=1S/C17H20N4O/c1-2-15-18-19-16-11-20(9-10-21(15)16)17(22)14-8-7-12-5-3-4-6-13(12)14/h3-6,14H,2,7-11H2,1H3/t14-/m0/s1. The molecule has 0 fully saturated rings. The van der Waals surface area contributed by atoms with Gasteiger partial charge < -0.3 is 9.47 Å². The highest BCUT2D eigenvalue weighted by Gasteiger charge is 2.33. The molecule has 0 N–H and O–H groups in total. The summed E-state index contributed by atoms with van der Waals surface area (Å²) >= 11 is 0. The Morgan fingerprint density at radius 3 is 3.00 bits per heavy atom. The minimum atomic E-state index is 0.0244. The molecule has 1 aliphatic heterocycles. The summed E-state index contributed by atoms with van der Waals surface area (Å²) in [6.07, 6.45) is 2.83. The van der Waals surface area contributed by atoms with E-state index in [1.807, 2.05) is 11.0 Å². The lowest BCUT2D eigenvalue weighted by atomic mass is 9.99. The van der Waals surface area contributed by atoms with Crippen molar-refractivity contribution in [3.63, 3.8) is 0 Å². The third-order valence-electron chi connectivity index (χ3n) is 4.89. The molecule has 0 radical (unpaired) electrons. The Labute approximate surface area is 130 Å². The molecule has 1 aromatic heterocycles. The molecule has 0 saturated carbocycles. The van der Waals surface area contributed by atoms with Crippen LogP contribution in [0.1, 0.15) is 42.0 Å². The van der Waals surface area contributed by atoms with E-state index in [0.29, 0.717) is 6.54 Å². The fourth-order valence-electron chi connectivity index (χ4n) is 3.70. The average molecular weight is 296 g/mol. The second-order valence-corrected chi connectivity index (χ2v) is 6.09. The number of amides is 1. The predicted molar refractivity (Wildman–Crippen MR) is 82.3 cm³/mol. The van der Waals surface area contributed by atoms with E-state index >= 15 is 0 Å². The summed E-state index contributed by atoms with van der Waals surface area (Å²) in [7, 11) is 0. The van der Waals surface area contributed by atoms with Crippen LogP contribution in [0.4, 0.5) is 0 Å². The largest absolute Gasteiger partial charge is 0.333 e. The maximum Gasteiger partial charge on any atom is 0.230 e. The van der Waals surface area contributed by atoms with Gasteiger partial charge in [-0.25, -0.2) is 0 Å². The van der Waals surface area contributed by atoms with Gasteiger partial charge in [-0.1, -0.05) is 31.2 Å². The van der Waals surface area contributed by atoms with Crippen molar-refractivity contribution in [3.8, 4) is 0 Å². The highest BCUT2D eigenvalue weighted by Crippen LogP contribution is 2.34. The van der Waals surface area contributed by atoms with Crippen LogP contribution in [0.3, 0.4) is 0 Å². The fraction of sp³-hybridized carbons (Fsp3) is 0.471. The Kier molecular flexibility index (Phi) is 3.21. The van der Waals surface area contributed by atoms with E-state index in [1.54, 1.807) is 0 Å². The number of aryl methyl sites for hydroxylation is 2. The van der Waals surface area contributed by atoms with Gasteiger partial charge in [0.05, 0.1) is 12.5 Å². The zero-order chi connectivity index (χ0) is 15.1. The molecule has 0 bridgehead atoms. The summed E-state index contributed by atoms with van der Waals surface area (Å²) < 4.78 is 2.16. The molecule has 5 heteroatoms. The summed E-state index contributed by atoms with van der Waals surface area (Å²) in [5.41, 5.74) is 2.54. The molecule has 0 saturated heterocycles. The van der Waals surface area contributed by atoms with Crippen molar-refractivity contribution >= 4 is 5.91 Å². The maximum absolute atomic E-state index is 12.9. The Bertz CT molecular complexity index is 721. The Morgan fingerprint density at radius 1 is 1.27 bits per heavy atom.